The maximum Gasteiger partial charge on any atom is 0.326 e. The Morgan fingerprint density at radius 3 is 1.34 bits per heavy atom. The maximum absolute atomic E-state index is 14.9. The van der Waals surface area contributed by atoms with E-state index in [4.69, 9.17) is 22.9 Å². The molecule has 0 aromatic rings. The second kappa shape index (κ2) is 49.6. The van der Waals surface area contributed by atoms with Crippen molar-refractivity contribution < 1.29 is 101 Å². The Morgan fingerprint density at radius 2 is 0.864 bits per heavy atom. The van der Waals surface area contributed by atoms with Gasteiger partial charge in [-0.05, 0) is 113 Å². The van der Waals surface area contributed by atoms with Crippen molar-refractivity contribution in [2.45, 2.75) is 252 Å². The Balaban J connectivity index is 3.99. The molecule has 0 aromatic carbocycles. The predicted octanol–water partition coefficient (Wildman–Crippen LogP) is -6.76. The number of hydrogen-bond acceptors (Lipinski definition) is 21. The number of amides is 19. The van der Waals surface area contributed by atoms with E-state index in [9.17, 15) is 101 Å². The minimum absolute atomic E-state index is 0.00119. The first-order chi connectivity index (χ1) is 51.3. The van der Waals surface area contributed by atoms with Crippen LogP contribution in [-0.4, -0.2) is 234 Å². The van der Waals surface area contributed by atoms with E-state index in [-0.39, 0.29) is 88.1 Å². The van der Waals surface area contributed by atoms with Crippen LogP contribution in [0.2, 0.25) is 0 Å². The summed E-state index contributed by atoms with van der Waals surface area (Å²) in [7, 11) is 0. The van der Waals surface area contributed by atoms with E-state index in [1.807, 2.05) is 0 Å². The highest BCUT2D eigenvalue weighted by Crippen LogP contribution is 2.16. The van der Waals surface area contributed by atoms with Crippen molar-refractivity contribution in [2.75, 3.05) is 32.8 Å². The minimum atomic E-state index is -2.12. The smallest absolute Gasteiger partial charge is 0.326 e. The van der Waals surface area contributed by atoms with Crippen molar-refractivity contribution >= 4 is 112 Å². The normalized spacial score (nSPS) is 20.1. The molecule has 0 unspecified atom stereocenters. The monoisotopic (exact) mass is 1560 g/mol. The molecule has 0 spiro atoms. The Bertz CT molecular complexity index is 3210. The van der Waals surface area contributed by atoms with E-state index < -0.39 is 248 Å². The molecule has 41 nitrogen and oxygen atoms in total. The summed E-state index contributed by atoms with van der Waals surface area (Å²) in [5.74, 6) is -21.7. The van der Waals surface area contributed by atoms with Crippen LogP contribution in [0.1, 0.15) is 173 Å². The number of hydrogen-bond donors (Lipinski definition) is 22. The van der Waals surface area contributed by atoms with Crippen LogP contribution in [0, 0.1) is 35.5 Å². The SMILES string of the molecule is CC(C)C[C@@H]1NC(=O)CNC(=O)[C@H](CC(C)C)NC(=O)[C@H](CC(C)C)NC(=O)C[C@@H](C(=O)N[C@@H](CCCNC(N)=O)C(=O)N[C@@H](CC(C)C)C(=O)N[C@H](C(=O)N[C@@H](CC(C)C)C(=O)N[C@@H](CO)C(=O)N[C@@H](CCCCN)C(=O)N[C@@H](CC(N)=O)C(=O)O)C(C)C)NC(=O)[C@H](CC(N)=O)NC(=O)CNC(=O)[C@H](C)NC1=O. The lowest BCUT2D eigenvalue weighted by Crippen LogP contribution is -2.62. The molecule has 13 atom stereocenters. The zero-order valence-electron chi connectivity index (χ0n) is 65.2. The van der Waals surface area contributed by atoms with E-state index >= 15 is 0 Å². The summed E-state index contributed by atoms with van der Waals surface area (Å²) in [4.78, 5) is 258. The lowest BCUT2D eigenvalue weighted by Gasteiger charge is -2.30. The Labute approximate surface area is 639 Å². The van der Waals surface area contributed by atoms with Gasteiger partial charge in [0, 0.05) is 6.54 Å². The summed E-state index contributed by atoms with van der Waals surface area (Å²) in [6.45, 7) is 18.8. The summed E-state index contributed by atoms with van der Waals surface area (Å²) < 4.78 is 0. The molecule has 622 valence electrons. The topological polar surface area (TPSA) is 661 Å². The van der Waals surface area contributed by atoms with Crippen molar-refractivity contribution in [1.82, 2.24) is 85.1 Å². The quantitative estimate of drug-likeness (QED) is 0.0254. The van der Waals surface area contributed by atoms with Gasteiger partial charge in [-0.1, -0.05) is 83.1 Å². The number of primary amides is 3. The van der Waals surface area contributed by atoms with Gasteiger partial charge in [-0.2, -0.15) is 0 Å². The first-order valence-corrected chi connectivity index (χ1v) is 36.9. The number of rotatable bonds is 39. The van der Waals surface area contributed by atoms with E-state index in [1.54, 1.807) is 69.2 Å². The zero-order chi connectivity index (χ0) is 84.0. The highest BCUT2D eigenvalue weighted by molar-refractivity contribution is 6.02. The Hall–Kier alpha value is -10.3. The lowest BCUT2D eigenvalue weighted by molar-refractivity contribution is -0.144. The number of unbranched alkanes of at least 4 members (excludes halogenated alkanes) is 1. The average Bonchev–Trinajstić information content (AvgIpc) is 0.875. The second-order valence-corrected chi connectivity index (χ2v) is 29.7. The van der Waals surface area contributed by atoms with Crippen LogP contribution in [0.4, 0.5) is 4.79 Å². The number of carbonyl (C=O) groups is 19. The molecule has 0 radical (unpaired) electrons. The molecule has 0 bridgehead atoms. The average molecular weight is 1570 g/mol. The number of carbonyl (C=O) groups excluding carboxylic acids is 18. The molecule has 1 aliphatic heterocycles. The van der Waals surface area contributed by atoms with Crippen LogP contribution in [0.3, 0.4) is 0 Å². The van der Waals surface area contributed by atoms with E-state index in [1.165, 1.54) is 20.8 Å². The van der Waals surface area contributed by atoms with Crippen LogP contribution in [0.25, 0.3) is 0 Å². The number of carboxylic acids is 1. The molecule has 1 aliphatic rings. The zero-order valence-corrected chi connectivity index (χ0v) is 65.2. The van der Waals surface area contributed by atoms with Crippen molar-refractivity contribution in [2.24, 2.45) is 58.4 Å². The molecule has 26 N–H and O–H groups in total. The van der Waals surface area contributed by atoms with Gasteiger partial charge in [0.1, 0.15) is 78.5 Å². The lowest BCUT2D eigenvalue weighted by atomic mass is 9.98. The fourth-order valence-corrected chi connectivity index (χ4v) is 11.2. The maximum atomic E-state index is 14.9. The van der Waals surface area contributed by atoms with Crippen molar-refractivity contribution in [3.05, 3.63) is 0 Å². The van der Waals surface area contributed by atoms with Gasteiger partial charge >= 0.3 is 12.0 Å². The molecule has 0 aromatic heterocycles. The molecular weight excluding hydrogens is 1440 g/mol. The molecule has 41 heteroatoms. The molecule has 1 saturated heterocycles. The number of aliphatic hydroxyl groups is 1. The van der Waals surface area contributed by atoms with Crippen LogP contribution in [-0.2, 0) is 86.3 Å². The van der Waals surface area contributed by atoms with Gasteiger partial charge in [0.15, 0.2) is 0 Å². The molecule has 1 fully saturated rings. The van der Waals surface area contributed by atoms with Crippen LogP contribution >= 0.6 is 0 Å². The minimum Gasteiger partial charge on any atom is -0.480 e. The van der Waals surface area contributed by atoms with E-state index in [2.05, 4.69) is 85.1 Å². The molecule has 19 amide bonds. The van der Waals surface area contributed by atoms with Gasteiger partial charge in [-0.3, -0.25) is 81.5 Å². The summed E-state index contributed by atoms with van der Waals surface area (Å²) in [5.41, 5.74) is 21.6. The third-order valence-corrected chi connectivity index (χ3v) is 16.7. The third kappa shape index (κ3) is 38.6. The molecule has 0 aliphatic carbocycles. The summed E-state index contributed by atoms with van der Waals surface area (Å²) in [5, 5.41) is 58.8. The van der Waals surface area contributed by atoms with Crippen molar-refractivity contribution in [3.63, 3.8) is 0 Å². The summed E-state index contributed by atoms with van der Waals surface area (Å²) >= 11 is 0. The molecule has 1 heterocycles. The van der Waals surface area contributed by atoms with Gasteiger partial charge in [0.05, 0.1) is 39.0 Å². The second-order valence-electron chi connectivity index (χ2n) is 29.7. The summed E-state index contributed by atoms with van der Waals surface area (Å²) in [6, 6.07) is -21.8. The first kappa shape index (κ1) is 97.7. The molecule has 110 heavy (non-hydrogen) atoms. The van der Waals surface area contributed by atoms with Gasteiger partial charge in [0.2, 0.25) is 100 Å². The van der Waals surface area contributed by atoms with E-state index in [0.29, 0.717) is 6.42 Å². The highest BCUT2D eigenvalue weighted by Gasteiger charge is 2.39. The third-order valence-electron chi connectivity index (χ3n) is 16.7. The number of aliphatic carboxylic acids is 1. The number of nitrogens with two attached hydrogens (primary N) is 4. The van der Waals surface area contributed by atoms with Crippen LogP contribution < -0.4 is 108 Å². The number of carboxylic acid groups (broad SMARTS) is 1. The van der Waals surface area contributed by atoms with Crippen LogP contribution in [0.15, 0.2) is 0 Å². The number of aliphatic hydroxyl groups excluding tert-OH is 1. The van der Waals surface area contributed by atoms with Crippen molar-refractivity contribution in [3.8, 4) is 0 Å². The van der Waals surface area contributed by atoms with Crippen molar-refractivity contribution in [1.29, 1.82) is 0 Å². The first-order valence-electron chi connectivity index (χ1n) is 36.9. The number of nitrogens with one attached hydrogen (secondary N) is 16. The fraction of sp³-hybridized carbons (Fsp3) is 0.725. The predicted molar refractivity (Wildman–Crippen MR) is 396 cm³/mol. The Kier molecular flexibility index (Phi) is 44.1. The summed E-state index contributed by atoms with van der Waals surface area (Å²) in [6.07, 6.45) is -3.20. The highest BCUT2D eigenvalue weighted by atomic mass is 16.4. The molecule has 1 rings (SSSR count). The van der Waals surface area contributed by atoms with Crippen LogP contribution in [0.5, 0.6) is 0 Å². The van der Waals surface area contributed by atoms with E-state index in [0.717, 1.165) is 0 Å². The fourth-order valence-electron chi connectivity index (χ4n) is 11.2. The van der Waals surface area contributed by atoms with Gasteiger partial charge in [-0.25, -0.2) is 9.59 Å². The number of urea groups is 1. The molecule has 0 saturated carbocycles. The van der Waals surface area contributed by atoms with Gasteiger partial charge in [-0.15, -0.1) is 0 Å². The standard InChI is InChI=1S/C69H120N20O21/c1-32(2)21-41-57(97)76-30-54(95)79-42(22-33(3)4)60(100)77-38(13)56(96)75-29-53(94)80-46(26-50(71)91)63(103)85-47(28-52(93)78-43(23-34(5)6)61(101)83-41)64(104)81-40(18-16-20-74-69(73)110)58(98)84-45(25-36(9)10)65(105)89-55(37(11)12)67(107)86-44(24-35(7)8)62(102)88-49(31-90)66(106)82-39(17-14-15-19-70)59(99)87-48(68(108)109)27-51(72)92/h32-49,55,90H,14-31,70H2,1-13H3,(H2,71,91)(H2,72,92)(H,75,96)(H,76,97)(H,77,100)(H,78,93)(H,79,95)(H,80,94)(H,81,104)(H,82,106)(H,83,101)(H,84,98)(H,85,103)(H,86,107)(H,87,99)(H,88,102)(H,89,105)(H,108,109)(H3,73,74,110)/t38-,39-,40-,41-,42-,43-,44-,45-,46-,47-,48-,49-,55-/m0/s1. The van der Waals surface area contributed by atoms with Gasteiger partial charge in [0.25, 0.3) is 0 Å². The van der Waals surface area contributed by atoms with Gasteiger partial charge < -0.3 is 118 Å². The largest absolute Gasteiger partial charge is 0.480 e. The Morgan fingerprint density at radius 1 is 0.445 bits per heavy atom. The molecular formula is C69H120N20O21.